The first kappa shape index (κ1) is 17.8. The van der Waals surface area contributed by atoms with Crippen molar-refractivity contribution in [1.82, 2.24) is 9.88 Å². The topological polar surface area (TPSA) is 16.1 Å². The van der Waals surface area contributed by atoms with Gasteiger partial charge in [0.25, 0.3) is 0 Å². The first-order valence-electron chi connectivity index (χ1n) is 7.40. The van der Waals surface area contributed by atoms with Crippen molar-refractivity contribution in [3.8, 4) is 11.3 Å². The van der Waals surface area contributed by atoms with E-state index in [1.807, 2.05) is 12.1 Å². The third kappa shape index (κ3) is 4.69. The van der Waals surface area contributed by atoms with Gasteiger partial charge in [-0.3, -0.25) is 4.90 Å². The van der Waals surface area contributed by atoms with Gasteiger partial charge in [0.15, 0.2) is 0 Å². The Morgan fingerprint density at radius 2 is 1.65 bits per heavy atom. The number of hydrogen-bond acceptors (Lipinski definition) is 2. The molecule has 0 aliphatic rings. The lowest BCUT2D eigenvalue weighted by Gasteiger charge is -2.18. The summed E-state index contributed by atoms with van der Waals surface area (Å²) in [6.45, 7) is 6.88. The van der Waals surface area contributed by atoms with Crippen LogP contribution < -0.4 is 0 Å². The monoisotopic (exact) mass is 342 g/mol. The van der Waals surface area contributed by atoms with Crippen LogP contribution in [0.15, 0.2) is 36.4 Å². The van der Waals surface area contributed by atoms with E-state index in [0.717, 1.165) is 37.3 Å². The van der Waals surface area contributed by atoms with Gasteiger partial charge in [0, 0.05) is 12.1 Å². The number of alkyl halides is 3. The summed E-state index contributed by atoms with van der Waals surface area (Å²) >= 11 is 5.73. The molecule has 0 aliphatic heterocycles. The molecule has 0 radical (unpaired) electrons. The minimum Gasteiger partial charge on any atom is -0.300 e. The van der Waals surface area contributed by atoms with Crippen LogP contribution in [-0.4, -0.2) is 23.0 Å². The summed E-state index contributed by atoms with van der Waals surface area (Å²) in [5, 5.41) is -0.165. The summed E-state index contributed by atoms with van der Waals surface area (Å²) in [5.41, 5.74) is 1.15. The molecule has 1 aromatic carbocycles. The molecule has 0 spiro atoms. The van der Waals surface area contributed by atoms with Crippen LogP contribution in [0.4, 0.5) is 13.2 Å². The van der Waals surface area contributed by atoms with E-state index in [-0.39, 0.29) is 10.8 Å². The minimum absolute atomic E-state index is 0.165. The van der Waals surface area contributed by atoms with Crippen LogP contribution in [0, 0.1) is 0 Å². The van der Waals surface area contributed by atoms with E-state index in [1.54, 1.807) is 12.1 Å². The van der Waals surface area contributed by atoms with Gasteiger partial charge in [0.05, 0.1) is 11.3 Å². The Balaban J connectivity index is 2.27. The van der Waals surface area contributed by atoms with E-state index in [1.165, 1.54) is 0 Å². The van der Waals surface area contributed by atoms with Crippen molar-refractivity contribution >= 4 is 11.6 Å². The second-order valence-electron chi connectivity index (χ2n) is 5.22. The Labute approximate surface area is 138 Å². The van der Waals surface area contributed by atoms with Crippen LogP contribution in [0.1, 0.15) is 25.0 Å². The lowest BCUT2D eigenvalue weighted by atomic mass is 10.1. The van der Waals surface area contributed by atoms with Gasteiger partial charge in [0.2, 0.25) is 0 Å². The van der Waals surface area contributed by atoms with Gasteiger partial charge in [-0.05, 0) is 30.8 Å². The SMILES string of the molecule is CCN(CC)Cc1ccc(-c2cc(C(F)(F)F)cc(Cl)n2)cc1. The molecular weight excluding hydrogens is 325 g/mol. The molecule has 23 heavy (non-hydrogen) atoms. The van der Waals surface area contributed by atoms with E-state index in [2.05, 4.69) is 23.7 Å². The molecule has 0 unspecified atom stereocenters. The highest BCUT2D eigenvalue weighted by Crippen LogP contribution is 2.33. The average Bonchev–Trinajstić information content (AvgIpc) is 2.51. The Morgan fingerprint density at radius 3 is 2.17 bits per heavy atom. The van der Waals surface area contributed by atoms with Gasteiger partial charge in [0.1, 0.15) is 5.15 Å². The molecule has 0 N–H and O–H groups in total. The van der Waals surface area contributed by atoms with Crippen LogP contribution in [0.2, 0.25) is 5.15 Å². The quantitative estimate of drug-likeness (QED) is 0.689. The molecule has 0 amide bonds. The van der Waals surface area contributed by atoms with E-state index in [9.17, 15) is 13.2 Å². The maximum atomic E-state index is 12.9. The summed E-state index contributed by atoms with van der Waals surface area (Å²) < 4.78 is 38.6. The molecule has 1 heterocycles. The largest absolute Gasteiger partial charge is 0.416 e. The highest BCUT2D eigenvalue weighted by atomic mass is 35.5. The van der Waals surface area contributed by atoms with Crippen molar-refractivity contribution in [2.75, 3.05) is 13.1 Å². The van der Waals surface area contributed by atoms with E-state index in [4.69, 9.17) is 11.6 Å². The van der Waals surface area contributed by atoms with Crippen LogP contribution in [0.3, 0.4) is 0 Å². The summed E-state index contributed by atoms with van der Waals surface area (Å²) in [6.07, 6.45) is -4.44. The number of hydrogen-bond donors (Lipinski definition) is 0. The van der Waals surface area contributed by atoms with E-state index >= 15 is 0 Å². The highest BCUT2D eigenvalue weighted by Gasteiger charge is 2.31. The van der Waals surface area contributed by atoms with E-state index < -0.39 is 11.7 Å². The fourth-order valence-corrected chi connectivity index (χ4v) is 2.50. The van der Waals surface area contributed by atoms with Crippen LogP contribution >= 0.6 is 11.6 Å². The minimum atomic E-state index is -4.44. The first-order valence-corrected chi connectivity index (χ1v) is 7.77. The molecule has 0 aliphatic carbocycles. The van der Waals surface area contributed by atoms with Crippen molar-refractivity contribution in [3.05, 3.63) is 52.7 Å². The predicted octanol–water partition coefficient (Wildman–Crippen LogP) is 5.26. The summed E-state index contributed by atoms with van der Waals surface area (Å²) in [4.78, 5) is 6.25. The van der Waals surface area contributed by atoms with Crippen molar-refractivity contribution in [2.45, 2.75) is 26.6 Å². The molecule has 0 fully saturated rings. The molecule has 0 saturated carbocycles. The number of rotatable bonds is 5. The van der Waals surface area contributed by atoms with E-state index in [0.29, 0.717) is 5.56 Å². The molecule has 0 saturated heterocycles. The fourth-order valence-electron chi connectivity index (χ4n) is 2.29. The summed E-state index contributed by atoms with van der Waals surface area (Å²) in [6, 6.07) is 9.22. The molecule has 0 atom stereocenters. The number of nitrogens with zero attached hydrogens (tertiary/aromatic N) is 2. The lowest BCUT2D eigenvalue weighted by Crippen LogP contribution is -2.21. The Kier molecular flexibility index (Phi) is 5.65. The zero-order valence-corrected chi connectivity index (χ0v) is 13.7. The number of aromatic nitrogens is 1. The fraction of sp³-hybridized carbons (Fsp3) is 0.353. The molecule has 124 valence electrons. The zero-order chi connectivity index (χ0) is 17.0. The number of benzene rings is 1. The molecule has 6 heteroatoms. The van der Waals surface area contributed by atoms with Crippen LogP contribution in [-0.2, 0) is 12.7 Å². The van der Waals surface area contributed by atoms with Crippen molar-refractivity contribution < 1.29 is 13.2 Å². The van der Waals surface area contributed by atoms with Gasteiger partial charge in [-0.2, -0.15) is 13.2 Å². The van der Waals surface area contributed by atoms with Crippen molar-refractivity contribution in [1.29, 1.82) is 0 Å². The maximum Gasteiger partial charge on any atom is 0.416 e. The van der Waals surface area contributed by atoms with Crippen LogP contribution in [0.25, 0.3) is 11.3 Å². The third-order valence-corrected chi connectivity index (χ3v) is 3.87. The normalized spacial score (nSPS) is 12.0. The first-order chi connectivity index (χ1) is 10.8. The van der Waals surface area contributed by atoms with Gasteiger partial charge < -0.3 is 0 Å². The molecule has 2 nitrogen and oxygen atoms in total. The molecule has 2 rings (SSSR count). The average molecular weight is 343 g/mol. The molecule has 0 bridgehead atoms. The van der Waals surface area contributed by atoms with Gasteiger partial charge in [-0.15, -0.1) is 0 Å². The summed E-state index contributed by atoms with van der Waals surface area (Å²) in [5.74, 6) is 0. The zero-order valence-electron chi connectivity index (χ0n) is 13.0. The van der Waals surface area contributed by atoms with Crippen molar-refractivity contribution in [2.24, 2.45) is 0 Å². The lowest BCUT2D eigenvalue weighted by molar-refractivity contribution is -0.137. The smallest absolute Gasteiger partial charge is 0.300 e. The van der Waals surface area contributed by atoms with Gasteiger partial charge in [-0.1, -0.05) is 49.7 Å². The molecule has 1 aromatic heterocycles. The Hall–Kier alpha value is -1.59. The predicted molar refractivity (Wildman–Crippen MR) is 86.3 cm³/mol. The Morgan fingerprint density at radius 1 is 1.04 bits per heavy atom. The molecular formula is C17H18ClF3N2. The summed E-state index contributed by atoms with van der Waals surface area (Å²) in [7, 11) is 0. The van der Waals surface area contributed by atoms with Gasteiger partial charge in [-0.25, -0.2) is 4.98 Å². The second kappa shape index (κ2) is 7.32. The Bertz CT molecular complexity index is 650. The number of pyridine rings is 1. The highest BCUT2D eigenvalue weighted by molar-refractivity contribution is 6.29. The standard InChI is InChI=1S/C17H18ClF3N2/c1-3-23(4-2)11-12-5-7-13(8-6-12)15-9-14(17(19,20)21)10-16(18)22-15/h5-10H,3-4,11H2,1-2H3. The molecule has 2 aromatic rings. The maximum absolute atomic E-state index is 12.9. The number of halogens is 4. The van der Waals surface area contributed by atoms with Crippen molar-refractivity contribution in [3.63, 3.8) is 0 Å². The van der Waals surface area contributed by atoms with Gasteiger partial charge >= 0.3 is 6.18 Å². The van der Waals surface area contributed by atoms with Crippen LogP contribution in [0.5, 0.6) is 0 Å². The second-order valence-corrected chi connectivity index (χ2v) is 5.61. The third-order valence-electron chi connectivity index (χ3n) is 3.67.